The quantitative estimate of drug-likeness (QED) is 0.654. The first kappa shape index (κ1) is 19.0. The van der Waals surface area contributed by atoms with E-state index in [0.717, 1.165) is 23.4 Å². The third-order valence-corrected chi connectivity index (χ3v) is 6.14. The molecule has 3 aromatic rings. The van der Waals surface area contributed by atoms with Gasteiger partial charge in [-0.1, -0.05) is 31.5 Å². The Bertz CT molecular complexity index is 1000. The summed E-state index contributed by atoms with van der Waals surface area (Å²) in [5.41, 5.74) is 2.52. The van der Waals surface area contributed by atoms with Gasteiger partial charge >= 0.3 is 0 Å². The number of fused-ring (bicyclic) bond motifs is 1. The molecule has 2 aromatic heterocycles. The van der Waals surface area contributed by atoms with E-state index in [-0.39, 0.29) is 17.9 Å². The van der Waals surface area contributed by atoms with Crippen molar-refractivity contribution in [2.75, 3.05) is 5.75 Å². The molecule has 0 spiro atoms. The van der Waals surface area contributed by atoms with E-state index in [2.05, 4.69) is 29.2 Å². The number of hydrogen-bond donors (Lipinski definition) is 1. The molecule has 0 unspecified atom stereocenters. The van der Waals surface area contributed by atoms with Crippen LogP contribution in [-0.4, -0.2) is 26.4 Å². The van der Waals surface area contributed by atoms with Crippen LogP contribution < -0.4 is 5.32 Å². The molecule has 0 radical (unpaired) electrons. The van der Waals surface area contributed by atoms with E-state index in [4.69, 9.17) is 11.6 Å². The van der Waals surface area contributed by atoms with Crippen molar-refractivity contribution >= 4 is 29.3 Å². The average Bonchev–Trinajstić information content (AvgIpc) is 3.15. The van der Waals surface area contributed by atoms with E-state index in [1.807, 2.05) is 36.4 Å². The van der Waals surface area contributed by atoms with Gasteiger partial charge in [0.15, 0.2) is 5.82 Å². The maximum Gasteiger partial charge on any atom is 0.255 e. The molecular weight excluding hydrogens is 392 g/mol. The number of rotatable bonds is 4. The first-order valence-electron chi connectivity index (χ1n) is 9.27. The summed E-state index contributed by atoms with van der Waals surface area (Å²) in [5.74, 6) is 1.67. The molecule has 1 aliphatic heterocycles. The predicted molar refractivity (Wildman–Crippen MR) is 112 cm³/mol. The smallest absolute Gasteiger partial charge is 0.255 e. The summed E-state index contributed by atoms with van der Waals surface area (Å²) < 4.78 is 1.75. The van der Waals surface area contributed by atoms with Crippen molar-refractivity contribution in [1.82, 2.24) is 20.1 Å². The van der Waals surface area contributed by atoms with Crippen LogP contribution in [0, 0.1) is 0 Å². The predicted octanol–water partition coefficient (Wildman–Crippen LogP) is 5.01. The standard InChI is InChI=1S/C21H21ClN4OS/c1-13(2)20-16(12-24-26(20)19-5-3-4-9-23-19)21(27)25-17-8-10-28-18-7-6-14(22)11-15(17)18/h3-7,9,11-13,17H,8,10H2,1-2H3,(H,25,27)/t17-/m0/s1. The monoisotopic (exact) mass is 412 g/mol. The molecule has 0 bridgehead atoms. The molecule has 7 heteroatoms. The van der Waals surface area contributed by atoms with Crippen LogP contribution in [0.5, 0.6) is 0 Å². The number of hydrogen-bond acceptors (Lipinski definition) is 4. The summed E-state index contributed by atoms with van der Waals surface area (Å²) in [4.78, 5) is 18.7. The van der Waals surface area contributed by atoms with Crippen molar-refractivity contribution in [3.8, 4) is 5.82 Å². The summed E-state index contributed by atoms with van der Waals surface area (Å²) in [6.45, 7) is 4.11. The number of carbonyl (C=O) groups excluding carboxylic acids is 1. The lowest BCUT2D eigenvalue weighted by Crippen LogP contribution is -2.31. The maximum absolute atomic E-state index is 13.2. The van der Waals surface area contributed by atoms with Crippen LogP contribution in [0.1, 0.15) is 53.8 Å². The molecule has 1 aromatic carbocycles. The lowest BCUT2D eigenvalue weighted by molar-refractivity contribution is 0.0933. The van der Waals surface area contributed by atoms with E-state index in [1.165, 1.54) is 4.90 Å². The van der Waals surface area contributed by atoms with Gasteiger partial charge in [0.25, 0.3) is 5.91 Å². The van der Waals surface area contributed by atoms with Crippen LogP contribution in [0.25, 0.3) is 5.82 Å². The van der Waals surface area contributed by atoms with Crippen LogP contribution in [0.4, 0.5) is 0 Å². The third-order valence-electron chi connectivity index (χ3n) is 4.78. The molecule has 3 heterocycles. The Labute approximate surface area is 173 Å². The second kappa shape index (κ2) is 7.97. The molecule has 5 nitrogen and oxygen atoms in total. The highest BCUT2D eigenvalue weighted by Gasteiger charge is 2.26. The number of carbonyl (C=O) groups is 1. The number of thioether (sulfide) groups is 1. The Hall–Kier alpha value is -2.31. The zero-order valence-electron chi connectivity index (χ0n) is 15.7. The van der Waals surface area contributed by atoms with Gasteiger partial charge in [0.05, 0.1) is 23.5 Å². The normalized spacial score (nSPS) is 16.1. The second-order valence-electron chi connectivity index (χ2n) is 7.04. The van der Waals surface area contributed by atoms with Crippen molar-refractivity contribution in [3.63, 3.8) is 0 Å². The first-order valence-corrected chi connectivity index (χ1v) is 10.6. The SMILES string of the molecule is CC(C)c1c(C(=O)N[C@H]2CCSc3ccc(Cl)cc32)cnn1-c1ccccn1. The molecule has 0 fully saturated rings. The lowest BCUT2D eigenvalue weighted by Gasteiger charge is -2.26. The highest BCUT2D eigenvalue weighted by atomic mass is 35.5. The number of amides is 1. The largest absolute Gasteiger partial charge is 0.345 e. The Morgan fingerprint density at radius 1 is 1.32 bits per heavy atom. The fourth-order valence-corrected chi connectivity index (χ4v) is 4.79. The van der Waals surface area contributed by atoms with Crippen molar-refractivity contribution in [2.24, 2.45) is 0 Å². The van der Waals surface area contributed by atoms with Gasteiger partial charge in [-0.3, -0.25) is 4.79 Å². The number of halogens is 1. The molecule has 1 aliphatic rings. The molecule has 1 N–H and O–H groups in total. The van der Waals surface area contributed by atoms with E-state index < -0.39 is 0 Å². The number of nitrogens with zero attached hydrogens (tertiary/aromatic N) is 3. The summed E-state index contributed by atoms with van der Waals surface area (Å²) in [6, 6.07) is 11.5. The highest BCUT2D eigenvalue weighted by Crippen LogP contribution is 2.37. The number of pyridine rings is 1. The topological polar surface area (TPSA) is 59.8 Å². The molecular formula is C21H21ClN4OS. The van der Waals surface area contributed by atoms with Crippen molar-refractivity contribution in [3.05, 3.63) is 70.6 Å². The fourth-order valence-electron chi connectivity index (χ4n) is 3.50. The number of benzene rings is 1. The van der Waals surface area contributed by atoms with E-state index >= 15 is 0 Å². The minimum atomic E-state index is -0.117. The zero-order valence-corrected chi connectivity index (χ0v) is 17.3. The lowest BCUT2D eigenvalue weighted by atomic mass is 10.0. The van der Waals surface area contributed by atoms with E-state index in [9.17, 15) is 4.79 Å². The first-order chi connectivity index (χ1) is 13.5. The molecule has 0 aliphatic carbocycles. The number of nitrogens with one attached hydrogen (secondary N) is 1. The Morgan fingerprint density at radius 2 is 2.18 bits per heavy atom. The van der Waals surface area contributed by atoms with Crippen LogP contribution in [-0.2, 0) is 0 Å². The summed E-state index contributed by atoms with van der Waals surface area (Å²) in [5, 5.41) is 8.33. The summed E-state index contributed by atoms with van der Waals surface area (Å²) >= 11 is 7.99. The van der Waals surface area contributed by atoms with Gasteiger partial charge in [0, 0.05) is 21.9 Å². The van der Waals surface area contributed by atoms with Gasteiger partial charge in [0.1, 0.15) is 0 Å². The second-order valence-corrected chi connectivity index (χ2v) is 8.62. The van der Waals surface area contributed by atoms with Crippen LogP contribution in [0.3, 0.4) is 0 Å². The zero-order chi connectivity index (χ0) is 19.7. The van der Waals surface area contributed by atoms with Crippen molar-refractivity contribution in [2.45, 2.75) is 37.1 Å². The minimum Gasteiger partial charge on any atom is -0.345 e. The van der Waals surface area contributed by atoms with Gasteiger partial charge in [0.2, 0.25) is 0 Å². The van der Waals surface area contributed by atoms with Gasteiger partial charge in [-0.05, 0) is 48.2 Å². The van der Waals surface area contributed by atoms with Crippen LogP contribution in [0.15, 0.2) is 53.7 Å². The summed E-state index contributed by atoms with van der Waals surface area (Å²) in [7, 11) is 0. The molecule has 1 atom stereocenters. The Kier molecular flexibility index (Phi) is 5.42. The van der Waals surface area contributed by atoms with Crippen molar-refractivity contribution < 1.29 is 4.79 Å². The third kappa shape index (κ3) is 3.66. The number of aromatic nitrogens is 3. The molecule has 0 saturated heterocycles. The Balaban J connectivity index is 1.65. The average molecular weight is 413 g/mol. The molecule has 4 rings (SSSR count). The molecule has 28 heavy (non-hydrogen) atoms. The molecule has 1 amide bonds. The molecule has 0 saturated carbocycles. The van der Waals surface area contributed by atoms with Gasteiger partial charge in [-0.2, -0.15) is 5.10 Å². The van der Waals surface area contributed by atoms with Crippen molar-refractivity contribution in [1.29, 1.82) is 0 Å². The molecule has 144 valence electrons. The summed E-state index contributed by atoms with van der Waals surface area (Å²) in [6.07, 6.45) is 4.23. The van der Waals surface area contributed by atoms with E-state index in [0.29, 0.717) is 16.4 Å². The van der Waals surface area contributed by atoms with Crippen LogP contribution >= 0.6 is 23.4 Å². The highest BCUT2D eigenvalue weighted by molar-refractivity contribution is 7.99. The fraction of sp³-hybridized carbons (Fsp3) is 0.286. The van der Waals surface area contributed by atoms with Gasteiger partial charge in [-0.15, -0.1) is 11.8 Å². The minimum absolute atomic E-state index is 0.0549. The van der Waals surface area contributed by atoms with Gasteiger partial charge in [-0.25, -0.2) is 9.67 Å². The maximum atomic E-state index is 13.2. The van der Waals surface area contributed by atoms with Crippen LogP contribution in [0.2, 0.25) is 5.02 Å². The van der Waals surface area contributed by atoms with E-state index in [1.54, 1.807) is 28.8 Å². The Morgan fingerprint density at radius 3 is 2.93 bits per heavy atom. The van der Waals surface area contributed by atoms with Gasteiger partial charge < -0.3 is 5.32 Å².